The Bertz CT molecular complexity index is 1210. The molecule has 0 aliphatic heterocycles. The summed E-state index contributed by atoms with van der Waals surface area (Å²) >= 11 is 6.38. The number of anilines is 1. The molecule has 0 heterocycles. The molecule has 0 radical (unpaired) electrons. The molecule has 1 unspecified atom stereocenters. The lowest BCUT2D eigenvalue weighted by Crippen LogP contribution is -2.51. The Balaban J connectivity index is 1.27. The zero-order valence-electron chi connectivity index (χ0n) is 25.7. The van der Waals surface area contributed by atoms with Gasteiger partial charge in [-0.05, 0) is 130 Å². The van der Waals surface area contributed by atoms with Crippen molar-refractivity contribution in [3.05, 3.63) is 87.5 Å². The van der Waals surface area contributed by atoms with Crippen LogP contribution >= 0.6 is 11.6 Å². The highest BCUT2D eigenvalue weighted by molar-refractivity contribution is 6.30. The molecule has 1 spiro atoms. The normalized spacial score (nSPS) is 26.0. The van der Waals surface area contributed by atoms with Crippen molar-refractivity contribution in [3.8, 4) is 0 Å². The van der Waals surface area contributed by atoms with Crippen LogP contribution < -0.4 is 4.90 Å². The van der Waals surface area contributed by atoms with Crippen molar-refractivity contribution in [3.63, 3.8) is 0 Å². The summed E-state index contributed by atoms with van der Waals surface area (Å²) in [6.07, 6.45) is 24.2. The molecule has 0 saturated heterocycles. The van der Waals surface area contributed by atoms with Crippen LogP contribution in [0.3, 0.4) is 0 Å². The molecular formula is C38H52ClN. The molecule has 2 aromatic carbocycles. The lowest BCUT2D eigenvalue weighted by molar-refractivity contribution is 0.148. The van der Waals surface area contributed by atoms with Crippen LogP contribution in [-0.4, -0.2) is 12.6 Å². The Morgan fingerprint density at radius 2 is 1.65 bits per heavy atom. The van der Waals surface area contributed by atoms with E-state index in [-0.39, 0.29) is 5.54 Å². The summed E-state index contributed by atoms with van der Waals surface area (Å²) in [7, 11) is 2.28. The van der Waals surface area contributed by atoms with Crippen LogP contribution in [0.1, 0.15) is 121 Å². The number of rotatable bonds is 11. The summed E-state index contributed by atoms with van der Waals surface area (Å²) in [5.41, 5.74) is 10.0. The fraction of sp³-hybridized carbons (Fsp3) is 0.579. The molecule has 1 atom stereocenters. The van der Waals surface area contributed by atoms with E-state index in [2.05, 4.69) is 81.3 Å². The summed E-state index contributed by atoms with van der Waals surface area (Å²) in [6, 6.07) is 16.0. The van der Waals surface area contributed by atoms with Crippen LogP contribution in [-0.2, 0) is 18.3 Å². The molecule has 3 aliphatic carbocycles. The van der Waals surface area contributed by atoms with Gasteiger partial charge >= 0.3 is 0 Å². The van der Waals surface area contributed by atoms with Crippen molar-refractivity contribution in [1.82, 2.24) is 0 Å². The van der Waals surface area contributed by atoms with Gasteiger partial charge < -0.3 is 4.90 Å². The molecule has 5 rings (SSSR count). The topological polar surface area (TPSA) is 3.24 Å². The average Bonchev–Trinajstić information content (AvgIpc) is 3.26. The molecule has 0 bridgehead atoms. The number of hydrogen-bond donors (Lipinski definition) is 0. The Hall–Kier alpha value is -1.99. The smallest absolute Gasteiger partial charge is 0.0426 e. The third-order valence-electron chi connectivity index (χ3n) is 11.0. The SMILES string of the molecule is CCCc1ccc2c(c1)C1(CCC(C)(N(C)c3cccc(Cl)c3)CC1)C(CCCCCC1=CC=C(CC)CC1)C2. The molecule has 0 aromatic heterocycles. The van der Waals surface area contributed by atoms with E-state index < -0.39 is 0 Å². The Morgan fingerprint density at radius 1 is 0.875 bits per heavy atom. The fourth-order valence-electron chi connectivity index (χ4n) is 8.16. The molecule has 0 N–H and O–H groups in total. The first-order valence-corrected chi connectivity index (χ1v) is 16.7. The minimum atomic E-state index is 0.171. The Morgan fingerprint density at radius 3 is 2.35 bits per heavy atom. The maximum Gasteiger partial charge on any atom is 0.0426 e. The third-order valence-corrected chi connectivity index (χ3v) is 11.3. The van der Waals surface area contributed by atoms with Crippen LogP contribution in [0.5, 0.6) is 0 Å². The number of benzene rings is 2. The van der Waals surface area contributed by atoms with Gasteiger partial charge in [-0.3, -0.25) is 0 Å². The van der Waals surface area contributed by atoms with Gasteiger partial charge in [0.15, 0.2) is 0 Å². The molecule has 1 nitrogen and oxygen atoms in total. The van der Waals surface area contributed by atoms with E-state index in [0.29, 0.717) is 5.41 Å². The molecule has 1 fully saturated rings. The van der Waals surface area contributed by atoms with Crippen molar-refractivity contribution >= 4 is 17.3 Å². The van der Waals surface area contributed by atoms with E-state index in [1.54, 1.807) is 27.8 Å². The van der Waals surface area contributed by atoms with Crippen molar-refractivity contribution < 1.29 is 0 Å². The quantitative estimate of drug-likeness (QED) is 0.248. The summed E-state index contributed by atoms with van der Waals surface area (Å²) in [5.74, 6) is 0.796. The molecule has 40 heavy (non-hydrogen) atoms. The largest absolute Gasteiger partial charge is 0.369 e. The number of allylic oxidation sites excluding steroid dienone is 4. The van der Waals surface area contributed by atoms with E-state index >= 15 is 0 Å². The Kier molecular flexibility index (Phi) is 9.51. The second-order valence-corrected chi connectivity index (χ2v) is 13.9. The van der Waals surface area contributed by atoms with Crippen LogP contribution in [0.15, 0.2) is 65.8 Å². The van der Waals surface area contributed by atoms with Gasteiger partial charge in [0, 0.05) is 23.3 Å². The predicted molar refractivity (Wildman–Crippen MR) is 175 cm³/mol. The van der Waals surface area contributed by atoms with Gasteiger partial charge in [0.25, 0.3) is 0 Å². The lowest BCUT2D eigenvalue weighted by atomic mass is 9.60. The Labute approximate surface area is 250 Å². The second kappa shape index (κ2) is 12.9. The summed E-state index contributed by atoms with van der Waals surface area (Å²) in [4.78, 5) is 2.52. The van der Waals surface area contributed by atoms with Gasteiger partial charge in [0.2, 0.25) is 0 Å². The van der Waals surface area contributed by atoms with Crippen molar-refractivity contribution in [1.29, 1.82) is 0 Å². The highest BCUT2D eigenvalue weighted by Gasteiger charge is 2.51. The van der Waals surface area contributed by atoms with Gasteiger partial charge in [0.1, 0.15) is 0 Å². The van der Waals surface area contributed by atoms with E-state index in [0.717, 1.165) is 10.9 Å². The van der Waals surface area contributed by atoms with Crippen molar-refractivity contribution in [2.45, 2.75) is 128 Å². The second-order valence-electron chi connectivity index (χ2n) is 13.4. The minimum absolute atomic E-state index is 0.171. The number of nitrogens with zero attached hydrogens (tertiary/aromatic N) is 1. The van der Waals surface area contributed by atoms with Gasteiger partial charge in [-0.25, -0.2) is 0 Å². The van der Waals surface area contributed by atoms with Crippen LogP contribution in [0, 0.1) is 5.92 Å². The molecule has 2 heteroatoms. The lowest BCUT2D eigenvalue weighted by Gasteiger charge is -2.51. The van der Waals surface area contributed by atoms with Crippen LogP contribution in [0.25, 0.3) is 0 Å². The molecule has 1 saturated carbocycles. The number of fused-ring (bicyclic) bond motifs is 2. The number of hydrogen-bond acceptors (Lipinski definition) is 1. The first-order chi connectivity index (χ1) is 19.4. The average molecular weight is 558 g/mol. The number of aryl methyl sites for hydroxylation is 1. The van der Waals surface area contributed by atoms with E-state index in [4.69, 9.17) is 11.6 Å². The highest BCUT2D eigenvalue weighted by atomic mass is 35.5. The summed E-state index contributed by atoms with van der Waals surface area (Å²) in [6.45, 7) is 7.08. The number of halogens is 1. The van der Waals surface area contributed by atoms with Gasteiger partial charge in [-0.1, -0.05) is 92.3 Å². The standard InChI is InChI=1S/C38H52ClN/c1-5-11-31-20-21-32-27-33(13-9-7-8-12-30-18-16-29(6-2)17-19-30)38(36(32)26-31)24-22-37(3,23-25-38)40(4)35-15-10-14-34(39)28-35/h10,14-16,18,20-21,26,28,33H,5-9,11-13,17,19,22-25,27H2,1-4H3. The van der Waals surface area contributed by atoms with E-state index in [1.165, 1.54) is 102 Å². The van der Waals surface area contributed by atoms with Crippen molar-refractivity contribution in [2.24, 2.45) is 5.92 Å². The highest BCUT2D eigenvalue weighted by Crippen LogP contribution is 2.56. The summed E-state index contributed by atoms with van der Waals surface area (Å²) < 4.78 is 0. The van der Waals surface area contributed by atoms with Crippen LogP contribution in [0.4, 0.5) is 5.69 Å². The first kappa shape index (κ1) is 29.5. The van der Waals surface area contributed by atoms with Gasteiger partial charge in [0.05, 0.1) is 0 Å². The monoisotopic (exact) mass is 557 g/mol. The van der Waals surface area contributed by atoms with Gasteiger partial charge in [-0.15, -0.1) is 0 Å². The van der Waals surface area contributed by atoms with E-state index in [9.17, 15) is 0 Å². The molecule has 3 aliphatic rings. The third kappa shape index (κ3) is 6.25. The van der Waals surface area contributed by atoms with Crippen LogP contribution in [0.2, 0.25) is 5.02 Å². The maximum absolute atomic E-state index is 6.38. The predicted octanol–water partition coefficient (Wildman–Crippen LogP) is 11.2. The van der Waals surface area contributed by atoms with E-state index in [1.807, 2.05) is 6.07 Å². The van der Waals surface area contributed by atoms with Gasteiger partial charge in [-0.2, -0.15) is 0 Å². The van der Waals surface area contributed by atoms with Crippen molar-refractivity contribution in [2.75, 3.05) is 11.9 Å². The molecule has 216 valence electrons. The summed E-state index contributed by atoms with van der Waals surface area (Å²) in [5, 5.41) is 0.829. The zero-order valence-corrected chi connectivity index (χ0v) is 26.5. The maximum atomic E-state index is 6.38. The zero-order chi connectivity index (χ0) is 28.2. The number of unbranched alkanes of at least 4 members (excludes halogenated alkanes) is 2. The first-order valence-electron chi connectivity index (χ1n) is 16.4. The molecular weight excluding hydrogens is 506 g/mol. The molecule has 0 amide bonds. The molecule has 2 aromatic rings. The fourth-order valence-corrected chi connectivity index (χ4v) is 8.34. The minimum Gasteiger partial charge on any atom is -0.369 e.